The molecule has 0 saturated heterocycles. The van der Waals surface area contributed by atoms with Crippen LogP contribution in [0, 0.1) is 0 Å². The van der Waals surface area contributed by atoms with E-state index in [1.165, 1.54) is 0 Å². The van der Waals surface area contributed by atoms with Crippen LogP contribution in [0.5, 0.6) is 0 Å². The van der Waals surface area contributed by atoms with Crippen LogP contribution in [-0.2, 0) is 29.3 Å². The normalized spacial score (nSPS) is 11.3. The monoisotopic (exact) mass is 462 g/mol. The van der Waals surface area contributed by atoms with Crippen LogP contribution >= 0.6 is 0 Å². The molecule has 0 bridgehead atoms. The predicted molar refractivity (Wildman–Crippen MR) is 133 cm³/mol. The van der Waals surface area contributed by atoms with E-state index in [1.54, 1.807) is 0 Å². The molecule has 0 unspecified atom stereocenters. The van der Waals surface area contributed by atoms with E-state index in [-0.39, 0.29) is 12.6 Å². The summed E-state index contributed by atoms with van der Waals surface area (Å²) in [6.45, 7) is 4.32. The lowest BCUT2D eigenvalue weighted by atomic mass is 9.80. The average molecular weight is 463 g/mol. The fraction of sp³-hybridized carbons (Fsp3) is 0.345. The van der Waals surface area contributed by atoms with Crippen molar-refractivity contribution in [2.75, 3.05) is 39.6 Å². The molecule has 3 aromatic carbocycles. The Balaban J connectivity index is 1.57. The SMILES string of the molecule is CCCC(=O)OCCOCCOCCOC(c1ccccc1)(c1ccccc1)c1ccccc1. The van der Waals surface area contributed by atoms with Gasteiger partial charge in [-0.1, -0.05) is 97.9 Å². The summed E-state index contributed by atoms with van der Waals surface area (Å²) >= 11 is 0. The van der Waals surface area contributed by atoms with Gasteiger partial charge in [-0.15, -0.1) is 0 Å². The first-order chi connectivity index (χ1) is 16.8. The Bertz CT molecular complexity index is 847. The summed E-state index contributed by atoms with van der Waals surface area (Å²) in [7, 11) is 0. The van der Waals surface area contributed by atoms with Gasteiger partial charge in [0, 0.05) is 6.42 Å². The number of hydrogen-bond donors (Lipinski definition) is 0. The van der Waals surface area contributed by atoms with E-state index >= 15 is 0 Å². The summed E-state index contributed by atoms with van der Waals surface area (Å²) in [4.78, 5) is 11.3. The number of hydrogen-bond acceptors (Lipinski definition) is 5. The molecule has 0 spiro atoms. The Morgan fingerprint density at radius 2 is 1.03 bits per heavy atom. The molecule has 180 valence electrons. The van der Waals surface area contributed by atoms with Gasteiger partial charge in [-0.25, -0.2) is 0 Å². The number of esters is 1. The third-order valence-electron chi connectivity index (χ3n) is 5.40. The molecule has 5 heteroatoms. The second-order valence-electron chi connectivity index (χ2n) is 7.82. The van der Waals surface area contributed by atoms with Gasteiger partial charge in [-0.3, -0.25) is 4.79 Å². The highest BCUT2D eigenvalue weighted by Crippen LogP contribution is 2.40. The van der Waals surface area contributed by atoms with Crippen molar-refractivity contribution in [2.24, 2.45) is 0 Å². The van der Waals surface area contributed by atoms with Crippen LogP contribution in [0.4, 0.5) is 0 Å². The third kappa shape index (κ3) is 7.26. The van der Waals surface area contributed by atoms with Gasteiger partial charge in [0.25, 0.3) is 0 Å². The molecule has 0 aliphatic heterocycles. The molecule has 0 aliphatic rings. The average Bonchev–Trinajstić information content (AvgIpc) is 2.89. The van der Waals surface area contributed by atoms with E-state index in [9.17, 15) is 4.79 Å². The highest BCUT2D eigenvalue weighted by Gasteiger charge is 2.37. The molecule has 0 aliphatic carbocycles. The van der Waals surface area contributed by atoms with Gasteiger partial charge in [0.05, 0.1) is 33.0 Å². The first-order valence-electron chi connectivity index (χ1n) is 11.9. The van der Waals surface area contributed by atoms with Crippen molar-refractivity contribution in [1.82, 2.24) is 0 Å². The topological polar surface area (TPSA) is 54.0 Å². The van der Waals surface area contributed by atoms with Crippen LogP contribution in [-0.4, -0.2) is 45.6 Å². The van der Waals surface area contributed by atoms with E-state index in [2.05, 4.69) is 36.4 Å². The van der Waals surface area contributed by atoms with Crippen LogP contribution in [0.15, 0.2) is 91.0 Å². The molecule has 0 saturated carbocycles. The van der Waals surface area contributed by atoms with Gasteiger partial charge in [0.15, 0.2) is 0 Å². The second-order valence-corrected chi connectivity index (χ2v) is 7.82. The van der Waals surface area contributed by atoms with E-state index in [4.69, 9.17) is 18.9 Å². The van der Waals surface area contributed by atoms with Gasteiger partial charge in [-0.2, -0.15) is 0 Å². The first kappa shape index (κ1) is 25.6. The summed E-state index contributed by atoms with van der Waals surface area (Å²) in [6.07, 6.45) is 1.23. The number of carbonyl (C=O) groups excluding carboxylic acids is 1. The lowest BCUT2D eigenvalue weighted by molar-refractivity contribution is -0.145. The molecule has 0 N–H and O–H groups in total. The van der Waals surface area contributed by atoms with Crippen LogP contribution in [0.3, 0.4) is 0 Å². The Morgan fingerprint density at radius 1 is 0.618 bits per heavy atom. The van der Waals surface area contributed by atoms with E-state index in [0.717, 1.165) is 23.1 Å². The first-order valence-corrected chi connectivity index (χ1v) is 11.9. The fourth-order valence-electron chi connectivity index (χ4n) is 3.83. The summed E-state index contributed by atoms with van der Waals surface area (Å²) < 4.78 is 22.9. The van der Waals surface area contributed by atoms with Crippen LogP contribution in [0.1, 0.15) is 36.5 Å². The van der Waals surface area contributed by atoms with Gasteiger partial charge < -0.3 is 18.9 Å². The molecular weight excluding hydrogens is 428 g/mol. The Kier molecular flexibility index (Phi) is 10.8. The Morgan fingerprint density at radius 3 is 1.47 bits per heavy atom. The minimum atomic E-state index is -0.744. The maximum atomic E-state index is 11.3. The summed E-state index contributed by atoms with van der Waals surface area (Å²) in [5, 5.41) is 0. The fourth-order valence-corrected chi connectivity index (χ4v) is 3.83. The van der Waals surface area contributed by atoms with Crippen molar-refractivity contribution in [3.8, 4) is 0 Å². The molecule has 3 aromatic rings. The van der Waals surface area contributed by atoms with Crippen molar-refractivity contribution in [2.45, 2.75) is 25.4 Å². The van der Waals surface area contributed by atoms with Crippen LogP contribution in [0.2, 0.25) is 0 Å². The third-order valence-corrected chi connectivity index (χ3v) is 5.40. The van der Waals surface area contributed by atoms with E-state index in [1.807, 2.05) is 61.5 Å². The van der Waals surface area contributed by atoms with Gasteiger partial charge >= 0.3 is 5.97 Å². The van der Waals surface area contributed by atoms with Crippen LogP contribution in [0.25, 0.3) is 0 Å². The number of benzene rings is 3. The molecule has 3 rings (SSSR count). The Hall–Kier alpha value is -2.99. The van der Waals surface area contributed by atoms with Gasteiger partial charge in [0.1, 0.15) is 12.2 Å². The lowest BCUT2D eigenvalue weighted by Gasteiger charge is -2.36. The predicted octanol–water partition coefficient (Wildman–Crippen LogP) is 5.37. The van der Waals surface area contributed by atoms with Crippen molar-refractivity contribution in [3.05, 3.63) is 108 Å². The van der Waals surface area contributed by atoms with Crippen molar-refractivity contribution >= 4 is 5.97 Å². The highest BCUT2D eigenvalue weighted by atomic mass is 16.6. The van der Waals surface area contributed by atoms with Crippen molar-refractivity contribution < 1.29 is 23.7 Å². The molecule has 5 nitrogen and oxygen atoms in total. The Labute approximate surface area is 202 Å². The van der Waals surface area contributed by atoms with Crippen LogP contribution < -0.4 is 0 Å². The van der Waals surface area contributed by atoms with Crippen molar-refractivity contribution in [3.63, 3.8) is 0 Å². The van der Waals surface area contributed by atoms with E-state index < -0.39 is 5.60 Å². The molecule has 0 atom stereocenters. The molecule has 0 radical (unpaired) electrons. The number of rotatable bonds is 15. The molecular formula is C29H34O5. The number of ether oxygens (including phenoxy) is 4. The summed E-state index contributed by atoms with van der Waals surface area (Å²) in [5.74, 6) is -0.182. The zero-order chi connectivity index (χ0) is 23.9. The second kappa shape index (κ2) is 14.3. The minimum Gasteiger partial charge on any atom is -0.463 e. The van der Waals surface area contributed by atoms with E-state index in [0.29, 0.717) is 39.5 Å². The van der Waals surface area contributed by atoms with Gasteiger partial charge in [0.2, 0.25) is 0 Å². The molecule has 0 amide bonds. The maximum Gasteiger partial charge on any atom is 0.305 e. The highest BCUT2D eigenvalue weighted by molar-refractivity contribution is 5.69. The maximum absolute atomic E-state index is 11.3. The molecule has 0 aromatic heterocycles. The summed E-state index contributed by atoms with van der Waals surface area (Å²) in [6, 6.07) is 30.8. The molecule has 0 fully saturated rings. The van der Waals surface area contributed by atoms with Crippen molar-refractivity contribution in [1.29, 1.82) is 0 Å². The summed E-state index contributed by atoms with van der Waals surface area (Å²) in [5.41, 5.74) is 2.45. The zero-order valence-corrected chi connectivity index (χ0v) is 19.9. The quantitative estimate of drug-likeness (QED) is 0.173. The standard InChI is InChI=1S/C29H34O5/c1-2-12-28(30)33-23-21-31-19-20-32-22-24-34-29(25-13-6-3-7-14-25,26-15-8-4-9-16-26)27-17-10-5-11-18-27/h3-11,13-18H,2,12,19-24H2,1H3. The minimum absolute atomic E-state index is 0.182. The lowest BCUT2D eigenvalue weighted by Crippen LogP contribution is -2.34. The molecule has 0 heterocycles. The molecule has 34 heavy (non-hydrogen) atoms. The van der Waals surface area contributed by atoms with Gasteiger partial charge in [-0.05, 0) is 23.1 Å². The zero-order valence-electron chi connectivity index (χ0n) is 19.9. The number of carbonyl (C=O) groups is 1. The largest absolute Gasteiger partial charge is 0.463 e. The smallest absolute Gasteiger partial charge is 0.305 e.